The Morgan fingerprint density at radius 3 is 2.82 bits per heavy atom. The number of nitrogens with one attached hydrogen (secondary N) is 1. The van der Waals surface area contributed by atoms with Crippen molar-refractivity contribution >= 4 is 6.03 Å². The third-order valence-corrected chi connectivity index (χ3v) is 3.64. The molecule has 22 heavy (non-hydrogen) atoms. The van der Waals surface area contributed by atoms with E-state index in [9.17, 15) is 4.79 Å². The molecule has 114 valence electrons. The number of rotatable bonds is 4. The van der Waals surface area contributed by atoms with E-state index in [1.165, 1.54) is 0 Å². The molecule has 1 fully saturated rings. The molecule has 0 saturated carbocycles. The largest absolute Gasteiger partial charge is 0.472 e. The number of ether oxygens (including phenoxy) is 1. The van der Waals surface area contributed by atoms with Crippen LogP contribution in [0.3, 0.4) is 0 Å². The molecule has 0 aliphatic carbocycles. The van der Waals surface area contributed by atoms with Gasteiger partial charge in [-0.3, -0.25) is 0 Å². The highest BCUT2D eigenvalue weighted by atomic mass is 16.5. The predicted molar refractivity (Wildman–Crippen MR) is 83.5 cm³/mol. The monoisotopic (exact) mass is 297 g/mol. The van der Waals surface area contributed by atoms with Gasteiger partial charge in [-0.25, -0.2) is 9.78 Å². The molecule has 5 heteroatoms. The number of likely N-dealkylation sites (tertiary alicyclic amines) is 1. The average molecular weight is 297 g/mol. The van der Waals surface area contributed by atoms with Gasteiger partial charge in [-0.05, 0) is 11.6 Å². The van der Waals surface area contributed by atoms with Gasteiger partial charge >= 0.3 is 6.03 Å². The Labute approximate surface area is 129 Å². The number of urea groups is 1. The molecule has 1 aliphatic heterocycles. The molecule has 1 atom stereocenters. The Kier molecular flexibility index (Phi) is 4.53. The van der Waals surface area contributed by atoms with Crippen LogP contribution in [0.25, 0.3) is 0 Å². The summed E-state index contributed by atoms with van der Waals surface area (Å²) < 4.78 is 5.79. The minimum absolute atomic E-state index is 0.0115. The highest BCUT2D eigenvalue weighted by molar-refractivity contribution is 5.74. The molecule has 1 aliphatic rings. The van der Waals surface area contributed by atoms with Crippen LogP contribution in [0.5, 0.6) is 5.88 Å². The molecule has 0 bridgehead atoms. The van der Waals surface area contributed by atoms with Gasteiger partial charge in [0.05, 0.1) is 6.54 Å². The zero-order valence-corrected chi connectivity index (χ0v) is 12.3. The summed E-state index contributed by atoms with van der Waals surface area (Å²) in [4.78, 5) is 18.1. The highest BCUT2D eigenvalue weighted by Gasteiger charge is 2.27. The van der Waals surface area contributed by atoms with E-state index in [1.54, 1.807) is 11.1 Å². The van der Waals surface area contributed by atoms with E-state index in [0.29, 0.717) is 25.5 Å². The van der Waals surface area contributed by atoms with Crippen molar-refractivity contribution in [2.75, 3.05) is 13.1 Å². The molecular formula is C17H19N3O2. The topological polar surface area (TPSA) is 54.5 Å². The van der Waals surface area contributed by atoms with Gasteiger partial charge in [-0.15, -0.1) is 0 Å². The summed E-state index contributed by atoms with van der Waals surface area (Å²) in [6, 6.07) is 15.4. The normalized spacial score (nSPS) is 17.3. The van der Waals surface area contributed by atoms with Crippen molar-refractivity contribution in [1.29, 1.82) is 0 Å². The van der Waals surface area contributed by atoms with Crippen molar-refractivity contribution in [1.82, 2.24) is 15.2 Å². The molecule has 0 radical (unpaired) electrons. The van der Waals surface area contributed by atoms with Gasteiger partial charge < -0.3 is 15.0 Å². The Balaban J connectivity index is 1.46. The second-order valence-corrected chi connectivity index (χ2v) is 5.29. The summed E-state index contributed by atoms with van der Waals surface area (Å²) in [5, 5.41) is 2.94. The van der Waals surface area contributed by atoms with Gasteiger partial charge in [0.15, 0.2) is 0 Å². The molecule has 2 aromatic rings. The summed E-state index contributed by atoms with van der Waals surface area (Å²) in [6.45, 7) is 1.84. The van der Waals surface area contributed by atoms with E-state index in [2.05, 4.69) is 10.3 Å². The van der Waals surface area contributed by atoms with Gasteiger partial charge in [-0.2, -0.15) is 0 Å². The number of hydrogen-bond donors (Lipinski definition) is 1. The molecule has 0 spiro atoms. The molecule has 1 saturated heterocycles. The van der Waals surface area contributed by atoms with Gasteiger partial charge in [0, 0.05) is 31.8 Å². The fourth-order valence-electron chi connectivity index (χ4n) is 2.48. The lowest BCUT2D eigenvalue weighted by atomic mass is 10.2. The molecule has 1 N–H and O–H groups in total. The van der Waals surface area contributed by atoms with Crippen LogP contribution < -0.4 is 10.1 Å². The van der Waals surface area contributed by atoms with E-state index in [0.717, 1.165) is 12.0 Å². The predicted octanol–water partition coefficient (Wildman–Crippen LogP) is 2.44. The SMILES string of the molecule is O=C(NCc1ccccc1)N1CCC(Oc2ccccn2)C1. The minimum atomic E-state index is -0.0454. The molecule has 2 amide bonds. The zero-order valence-electron chi connectivity index (χ0n) is 12.3. The molecule has 3 rings (SSSR count). The maximum atomic E-state index is 12.2. The molecule has 1 unspecified atom stereocenters. The molecule has 1 aromatic carbocycles. The zero-order chi connectivity index (χ0) is 15.2. The summed E-state index contributed by atoms with van der Waals surface area (Å²) in [6.07, 6.45) is 2.54. The minimum Gasteiger partial charge on any atom is -0.472 e. The van der Waals surface area contributed by atoms with Gasteiger partial charge in [0.2, 0.25) is 5.88 Å². The number of hydrogen-bond acceptors (Lipinski definition) is 3. The Morgan fingerprint density at radius 2 is 2.05 bits per heavy atom. The van der Waals surface area contributed by atoms with Crippen molar-refractivity contribution in [3.05, 3.63) is 60.3 Å². The first-order valence-electron chi connectivity index (χ1n) is 7.45. The van der Waals surface area contributed by atoms with Crippen LogP contribution in [-0.2, 0) is 6.54 Å². The Bertz CT molecular complexity index is 604. The standard InChI is InChI=1S/C17H19N3O2/c21-17(19-12-14-6-2-1-3-7-14)20-11-9-15(13-20)22-16-8-4-5-10-18-16/h1-8,10,15H,9,11-13H2,(H,19,21). The number of carbonyl (C=O) groups excluding carboxylic acids is 1. The Hall–Kier alpha value is -2.56. The third kappa shape index (κ3) is 3.75. The second kappa shape index (κ2) is 6.93. The summed E-state index contributed by atoms with van der Waals surface area (Å²) in [7, 11) is 0. The second-order valence-electron chi connectivity index (χ2n) is 5.29. The molecule has 2 heterocycles. The van der Waals surface area contributed by atoms with E-state index >= 15 is 0 Å². The number of aromatic nitrogens is 1. The van der Waals surface area contributed by atoms with Crippen LogP contribution >= 0.6 is 0 Å². The van der Waals surface area contributed by atoms with Crippen molar-refractivity contribution in [3.63, 3.8) is 0 Å². The maximum Gasteiger partial charge on any atom is 0.317 e. The van der Waals surface area contributed by atoms with Crippen LogP contribution in [0, 0.1) is 0 Å². The lowest BCUT2D eigenvalue weighted by Crippen LogP contribution is -2.39. The summed E-state index contributed by atoms with van der Waals surface area (Å²) in [5.41, 5.74) is 1.09. The summed E-state index contributed by atoms with van der Waals surface area (Å²) >= 11 is 0. The molecule has 5 nitrogen and oxygen atoms in total. The molecule has 1 aromatic heterocycles. The van der Waals surface area contributed by atoms with E-state index in [4.69, 9.17) is 4.74 Å². The van der Waals surface area contributed by atoms with Crippen LogP contribution in [0.1, 0.15) is 12.0 Å². The van der Waals surface area contributed by atoms with Gasteiger partial charge in [0.1, 0.15) is 6.10 Å². The smallest absolute Gasteiger partial charge is 0.317 e. The first kappa shape index (κ1) is 14.4. The van der Waals surface area contributed by atoms with Crippen molar-refractivity contribution in [2.45, 2.75) is 19.1 Å². The van der Waals surface area contributed by atoms with Crippen LogP contribution in [0.2, 0.25) is 0 Å². The first-order valence-corrected chi connectivity index (χ1v) is 7.45. The molecular weight excluding hydrogens is 278 g/mol. The number of pyridine rings is 1. The quantitative estimate of drug-likeness (QED) is 0.943. The number of carbonyl (C=O) groups is 1. The summed E-state index contributed by atoms with van der Waals surface area (Å²) in [5.74, 6) is 0.610. The average Bonchev–Trinajstić information content (AvgIpc) is 3.03. The van der Waals surface area contributed by atoms with Crippen molar-refractivity contribution in [2.24, 2.45) is 0 Å². The van der Waals surface area contributed by atoms with Crippen molar-refractivity contribution < 1.29 is 9.53 Å². The number of amides is 2. The van der Waals surface area contributed by atoms with Crippen LogP contribution in [0.4, 0.5) is 4.79 Å². The van der Waals surface area contributed by atoms with E-state index in [1.807, 2.05) is 48.5 Å². The van der Waals surface area contributed by atoms with Crippen LogP contribution in [0.15, 0.2) is 54.7 Å². The van der Waals surface area contributed by atoms with Gasteiger partial charge in [0.25, 0.3) is 0 Å². The fraction of sp³-hybridized carbons (Fsp3) is 0.294. The Morgan fingerprint density at radius 1 is 1.23 bits per heavy atom. The lowest BCUT2D eigenvalue weighted by molar-refractivity contribution is 0.183. The third-order valence-electron chi connectivity index (χ3n) is 3.64. The van der Waals surface area contributed by atoms with E-state index in [-0.39, 0.29) is 12.1 Å². The number of benzene rings is 1. The lowest BCUT2D eigenvalue weighted by Gasteiger charge is -2.17. The first-order chi connectivity index (χ1) is 10.8. The van der Waals surface area contributed by atoms with Gasteiger partial charge in [-0.1, -0.05) is 36.4 Å². The maximum absolute atomic E-state index is 12.2. The van der Waals surface area contributed by atoms with Crippen LogP contribution in [-0.4, -0.2) is 35.1 Å². The van der Waals surface area contributed by atoms with E-state index < -0.39 is 0 Å². The highest BCUT2D eigenvalue weighted by Crippen LogP contribution is 2.16. The number of nitrogens with zero attached hydrogens (tertiary/aromatic N) is 2. The fourth-order valence-corrected chi connectivity index (χ4v) is 2.48. The van der Waals surface area contributed by atoms with Crippen molar-refractivity contribution in [3.8, 4) is 5.88 Å².